The fraction of sp³-hybridized carbons (Fsp3) is 0.294. The largest absolute Gasteiger partial charge is 0.386 e. The predicted molar refractivity (Wildman–Crippen MR) is 81.1 cm³/mol. The van der Waals surface area contributed by atoms with Crippen molar-refractivity contribution in [1.29, 1.82) is 0 Å². The molecule has 110 valence electrons. The highest BCUT2D eigenvalue weighted by molar-refractivity contribution is 5.69. The summed E-state index contributed by atoms with van der Waals surface area (Å²) >= 11 is 0. The number of hydrogen-bond acceptors (Lipinski definition) is 3. The molecule has 0 bridgehead atoms. The van der Waals surface area contributed by atoms with Crippen LogP contribution in [0.5, 0.6) is 0 Å². The smallest absolute Gasteiger partial charge is 0.101 e. The molecule has 0 aliphatic carbocycles. The first kappa shape index (κ1) is 12.2. The third-order valence-electron chi connectivity index (χ3n) is 5.08. The molecule has 1 aromatic carbocycles. The van der Waals surface area contributed by atoms with Gasteiger partial charge in [-0.2, -0.15) is 0 Å². The van der Waals surface area contributed by atoms with Gasteiger partial charge in [-0.05, 0) is 12.0 Å². The van der Waals surface area contributed by atoms with Crippen molar-refractivity contribution in [3.05, 3.63) is 60.6 Å². The first-order valence-electron chi connectivity index (χ1n) is 7.64. The van der Waals surface area contributed by atoms with E-state index in [1.54, 1.807) is 12.5 Å². The molecule has 0 saturated carbocycles. The maximum atomic E-state index is 10.9. The lowest BCUT2D eigenvalue weighted by molar-refractivity contribution is 0.0556. The summed E-state index contributed by atoms with van der Waals surface area (Å²) in [6, 6.07) is 8.59. The summed E-state index contributed by atoms with van der Waals surface area (Å²) in [6.07, 6.45) is 7.83. The van der Waals surface area contributed by atoms with Gasteiger partial charge in [-0.25, -0.2) is 9.97 Å². The molecule has 0 amide bonds. The minimum atomic E-state index is -0.498. The molecule has 0 saturated heterocycles. The van der Waals surface area contributed by atoms with Crippen LogP contribution in [-0.4, -0.2) is 24.2 Å². The minimum absolute atomic E-state index is 0.140. The molecule has 0 unspecified atom stereocenters. The number of imidazole rings is 2. The molecule has 2 aromatic heterocycles. The molecule has 0 fully saturated rings. The van der Waals surface area contributed by atoms with Crippen LogP contribution in [0.1, 0.15) is 29.8 Å². The molecular weight excluding hydrogens is 276 g/mol. The van der Waals surface area contributed by atoms with Crippen molar-refractivity contribution >= 4 is 0 Å². The van der Waals surface area contributed by atoms with Gasteiger partial charge in [0.15, 0.2) is 0 Å². The van der Waals surface area contributed by atoms with Crippen molar-refractivity contribution in [1.82, 2.24) is 19.1 Å². The zero-order chi connectivity index (χ0) is 14.7. The van der Waals surface area contributed by atoms with Crippen molar-refractivity contribution in [3.8, 4) is 11.3 Å². The maximum Gasteiger partial charge on any atom is 0.101 e. The zero-order valence-electron chi connectivity index (χ0n) is 12.0. The fourth-order valence-electron chi connectivity index (χ4n) is 4.07. The molecule has 1 N–H and O–H groups in total. The average molecular weight is 292 g/mol. The molecule has 22 heavy (non-hydrogen) atoms. The van der Waals surface area contributed by atoms with Crippen LogP contribution in [0, 0.1) is 5.92 Å². The van der Waals surface area contributed by atoms with Crippen LogP contribution >= 0.6 is 0 Å². The number of hydrogen-bond donors (Lipinski definition) is 1. The summed E-state index contributed by atoms with van der Waals surface area (Å²) in [5.74, 6) is 0.140. The third kappa shape index (κ3) is 1.46. The van der Waals surface area contributed by atoms with E-state index in [2.05, 4.69) is 43.4 Å². The highest BCUT2D eigenvalue weighted by atomic mass is 16.3. The Labute approximate surface area is 127 Å². The van der Waals surface area contributed by atoms with E-state index in [0.717, 1.165) is 24.4 Å². The lowest BCUT2D eigenvalue weighted by Gasteiger charge is -2.34. The minimum Gasteiger partial charge on any atom is -0.386 e. The second-order valence-electron chi connectivity index (χ2n) is 6.13. The normalized spacial score (nSPS) is 25.6. The maximum absolute atomic E-state index is 10.9. The van der Waals surface area contributed by atoms with Gasteiger partial charge in [0.1, 0.15) is 6.10 Å². The van der Waals surface area contributed by atoms with E-state index in [4.69, 9.17) is 0 Å². The Bertz CT molecular complexity index is 850. The van der Waals surface area contributed by atoms with Crippen molar-refractivity contribution in [3.63, 3.8) is 0 Å². The summed E-state index contributed by atoms with van der Waals surface area (Å²) < 4.78 is 4.27. The van der Waals surface area contributed by atoms with Crippen LogP contribution in [0.3, 0.4) is 0 Å². The predicted octanol–water partition coefficient (Wildman–Crippen LogP) is 2.40. The Balaban J connectivity index is 1.65. The van der Waals surface area contributed by atoms with Gasteiger partial charge in [0.2, 0.25) is 0 Å². The molecular formula is C17H16N4O. The molecule has 5 heteroatoms. The van der Waals surface area contributed by atoms with Crippen LogP contribution < -0.4 is 0 Å². The summed E-state index contributed by atoms with van der Waals surface area (Å²) in [4.78, 5) is 8.49. The van der Waals surface area contributed by atoms with E-state index < -0.39 is 6.10 Å². The molecule has 2 aliphatic rings. The number of fused-ring (bicyclic) bond motifs is 4. The van der Waals surface area contributed by atoms with Gasteiger partial charge in [-0.1, -0.05) is 24.3 Å². The second-order valence-corrected chi connectivity index (χ2v) is 6.13. The summed E-state index contributed by atoms with van der Waals surface area (Å²) in [7, 11) is 0. The number of aliphatic hydroxyl groups excluding tert-OH is 1. The van der Waals surface area contributed by atoms with Gasteiger partial charge in [0, 0.05) is 18.0 Å². The topological polar surface area (TPSA) is 55.9 Å². The Morgan fingerprint density at radius 2 is 1.95 bits per heavy atom. The number of aromatic nitrogens is 4. The van der Waals surface area contributed by atoms with E-state index in [9.17, 15) is 5.11 Å². The van der Waals surface area contributed by atoms with Crippen molar-refractivity contribution in [2.45, 2.75) is 25.1 Å². The lowest BCUT2D eigenvalue weighted by Crippen LogP contribution is -2.30. The first-order chi connectivity index (χ1) is 10.8. The van der Waals surface area contributed by atoms with Gasteiger partial charge in [-0.3, -0.25) is 0 Å². The third-order valence-corrected chi connectivity index (χ3v) is 5.08. The van der Waals surface area contributed by atoms with E-state index in [-0.39, 0.29) is 12.0 Å². The zero-order valence-corrected chi connectivity index (χ0v) is 12.0. The van der Waals surface area contributed by atoms with Crippen molar-refractivity contribution < 1.29 is 5.11 Å². The summed E-state index contributed by atoms with van der Waals surface area (Å²) in [6.45, 7) is 0.903. The van der Waals surface area contributed by atoms with Crippen molar-refractivity contribution in [2.75, 3.05) is 0 Å². The average Bonchev–Trinajstić information content (AvgIpc) is 3.23. The van der Waals surface area contributed by atoms with Gasteiger partial charge < -0.3 is 14.2 Å². The van der Waals surface area contributed by atoms with Gasteiger partial charge in [-0.15, -0.1) is 0 Å². The molecule has 5 nitrogen and oxygen atoms in total. The van der Waals surface area contributed by atoms with Crippen LogP contribution in [0.4, 0.5) is 0 Å². The number of benzene rings is 1. The van der Waals surface area contributed by atoms with Crippen LogP contribution in [0.15, 0.2) is 49.3 Å². The van der Waals surface area contributed by atoms with Gasteiger partial charge in [0.05, 0.1) is 42.5 Å². The number of aliphatic hydroxyl groups is 1. The van der Waals surface area contributed by atoms with Gasteiger partial charge in [0.25, 0.3) is 0 Å². The highest BCUT2D eigenvalue weighted by Crippen LogP contribution is 2.48. The molecule has 0 radical (unpaired) electrons. The Morgan fingerprint density at radius 3 is 2.91 bits per heavy atom. The highest BCUT2D eigenvalue weighted by Gasteiger charge is 2.40. The van der Waals surface area contributed by atoms with Crippen LogP contribution in [0.25, 0.3) is 11.3 Å². The molecule has 5 rings (SSSR count). The first-order valence-corrected chi connectivity index (χ1v) is 7.64. The molecule has 4 heterocycles. The van der Waals surface area contributed by atoms with E-state index >= 15 is 0 Å². The molecule has 3 atom stereocenters. The molecule has 0 spiro atoms. The number of rotatable bonds is 1. The second kappa shape index (κ2) is 4.30. The monoisotopic (exact) mass is 292 g/mol. The van der Waals surface area contributed by atoms with Gasteiger partial charge >= 0.3 is 0 Å². The molecule has 2 aliphatic heterocycles. The fourth-order valence-corrected chi connectivity index (χ4v) is 4.07. The Morgan fingerprint density at radius 1 is 1.09 bits per heavy atom. The van der Waals surface area contributed by atoms with E-state index in [0.29, 0.717) is 0 Å². The lowest BCUT2D eigenvalue weighted by atomic mass is 9.83. The van der Waals surface area contributed by atoms with Crippen LogP contribution in [0.2, 0.25) is 0 Å². The van der Waals surface area contributed by atoms with Crippen LogP contribution in [-0.2, 0) is 6.54 Å². The standard InChI is InChI=1S/C17H16N4O/c22-17-13(5-6-20-9-18-8-15(17)20)16-12-4-2-1-3-11(12)14-7-19-10-21(14)16/h1-4,7-10,13,16-17,22H,5-6H2/t13-,16-,17+/m1/s1. The van der Waals surface area contributed by atoms with E-state index in [1.807, 2.05) is 12.5 Å². The SMILES string of the molecule is O[C@@H]1c2cncn2CC[C@@H]1[C@H]1c2ccccc2-c2cncn21. The number of nitrogens with zero attached hydrogens (tertiary/aromatic N) is 4. The quantitative estimate of drug-likeness (QED) is 0.749. The Kier molecular flexibility index (Phi) is 2.38. The Hall–Kier alpha value is -2.40. The number of aryl methyl sites for hydroxylation is 1. The summed E-state index contributed by atoms with van der Waals surface area (Å²) in [5, 5.41) is 10.9. The van der Waals surface area contributed by atoms with Crippen molar-refractivity contribution in [2.24, 2.45) is 5.92 Å². The summed E-state index contributed by atoms with van der Waals surface area (Å²) in [5.41, 5.74) is 4.59. The van der Waals surface area contributed by atoms with E-state index in [1.165, 1.54) is 11.1 Å². The molecule has 3 aromatic rings.